The van der Waals surface area contributed by atoms with E-state index in [9.17, 15) is 13.2 Å². The number of methoxy groups -OCH3 is 1. The first-order chi connectivity index (χ1) is 11.3. The molecule has 0 saturated carbocycles. The van der Waals surface area contributed by atoms with Crippen molar-refractivity contribution in [1.29, 1.82) is 0 Å². The minimum Gasteiger partial charge on any atom is -0.496 e. The standard InChI is InChI=1S/C16H22F3N3O2/c1-10-6-11-7-13(23-3)12(8-14(11)24-10)9-22-15(20-2)21-5-4-16(17,18)19/h7-8,10H,4-6,9H2,1-3H3,(H2,20,21,22). The van der Waals surface area contributed by atoms with E-state index in [1.807, 2.05) is 19.1 Å². The zero-order valence-electron chi connectivity index (χ0n) is 14.0. The number of rotatable bonds is 5. The lowest BCUT2D eigenvalue weighted by Crippen LogP contribution is -2.38. The fourth-order valence-corrected chi connectivity index (χ4v) is 2.53. The summed E-state index contributed by atoms with van der Waals surface area (Å²) in [5.41, 5.74) is 1.94. The molecule has 0 fully saturated rings. The molecule has 0 bridgehead atoms. The summed E-state index contributed by atoms with van der Waals surface area (Å²) >= 11 is 0. The van der Waals surface area contributed by atoms with E-state index >= 15 is 0 Å². The van der Waals surface area contributed by atoms with Crippen molar-refractivity contribution in [2.45, 2.75) is 38.6 Å². The molecule has 1 atom stereocenters. The lowest BCUT2D eigenvalue weighted by molar-refractivity contribution is -0.132. The third-order valence-corrected chi connectivity index (χ3v) is 3.67. The van der Waals surface area contributed by atoms with Crippen LogP contribution in [0.3, 0.4) is 0 Å². The van der Waals surface area contributed by atoms with Gasteiger partial charge in [0.1, 0.15) is 17.6 Å². The molecule has 1 aliphatic rings. The van der Waals surface area contributed by atoms with Gasteiger partial charge in [0.25, 0.3) is 0 Å². The molecule has 1 aromatic carbocycles. The topological polar surface area (TPSA) is 54.9 Å². The molecule has 8 heteroatoms. The van der Waals surface area contributed by atoms with Crippen molar-refractivity contribution >= 4 is 5.96 Å². The van der Waals surface area contributed by atoms with E-state index in [4.69, 9.17) is 9.47 Å². The van der Waals surface area contributed by atoms with Crippen LogP contribution in [0.15, 0.2) is 17.1 Å². The molecule has 0 aliphatic carbocycles. The Morgan fingerprint density at radius 2 is 2.12 bits per heavy atom. The molecule has 0 aromatic heterocycles. The SMILES string of the molecule is CN=C(NCCC(F)(F)F)NCc1cc2c(cc1OC)CC(C)O2. The molecule has 2 N–H and O–H groups in total. The van der Waals surface area contributed by atoms with E-state index in [-0.39, 0.29) is 12.6 Å². The van der Waals surface area contributed by atoms with Gasteiger partial charge in [0.2, 0.25) is 0 Å². The number of ether oxygens (including phenoxy) is 2. The van der Waals surface area contributed by atoms with Crippen LogP contribution in [0.5, 0.6) is 11.5 Å². The zero-order valence-corrected chi connectivity index (χ0v) is 14.0. The van der Waals surface area contributed by atoms with Crippen LogP contribution in [0.2, 0.25) is 0 Å². The molecular formula is C16H22F3N3O2. The van der Waals surface area contributed by atoms with Gasteiger partial charge in [0, 0.05) is 37.7 Å². The summed E-state index contributed by atoms with van der Waals surface area (Å²) in [6.45, 7) is 2.13. The van der Waals surface area contributed by atoms with Gasteiger partial charge in [-0.3, -0.25) is 4.99 Å². The summed E-state index contributed by atoms with van der Waals surface area (Å²) in [5, 5.41) is 5.62. The largest absolute Gasteiger partial charge is 0.496 e. The van der Waals surface area contributed by atoms with Crippen LogP contribution in [-0.2, 0) is 13.0 Å². The van der Waals surface area contributed by atoms with Gasteiger partial charge in [0.05, 0.1) is 13.5 Å². The van der Waals surface area contributed by atoms with Crippen LogP contribution >= 0.6 is 0 Å². The highest BCUT2D eigenvalue weighted by Gasteiger charge is 2.26. The first-order valence-electron chi connectivity index (χ1n) is 7.70. The van der Waals surface area contributed by atoms with Crippen LogP contribution in [0.25, 0.3) is 0 Å². The molecule has 1 unspecified atom stereocenters. The number of hydrogen-bond acceptors (Lipinski definition) is 3. The zero-order chi connectivity index (χ0) is 17.7. The Kier molecular flexibility index (Phi) is 5.80. The van der Waals surface area contributed by atoms with Crippen molar-refractivity contribution < 1.29 is 22.6 Å². The lowest BCUT2D eigenvalue weighted by atomic mass is 10.1. The number of benzene rings is 1. The predicted molar refractivity (Wildman–Crippen MR) is 85.7 cm³/mol. The molecular weight excluding hydrogens is 323 g/mol. The third-order valence-electron chi connectivity index (χ3n) is 3.67. The molecule has 2 rings (SSSR count). The Bertz CT molecular complexity index is 603. The maximum absolute atomic E-state index is 12.2. The Morgan fingerprint density at radius 1 is 1.38 bits per heavy atom. The smallest absolute Gasteiger partial charge is 0.390 e. The van der Waals surface area contributed by atoms with Gasteiger partial charge in [-0.05, 0) is 19.1 Å². The molecule has 0 amide bonds. The van der Waals surface area contributed by atoms with Gasteiger partial charge in [-0.25, -0.2) is 0 Å². The molecule has 0 radical (unpaired) electrons. The highest BCUT2D eigenvalue weighted by molar-refractivity contribution is 5.79. The highest BCUT2D eigenvalue weighted by Crippen LogP contribution is 2.34. The molecule has 1 aliphatic heterocycles. The maximum Gasteiger partial charge on any atom is 0.390 e. The van der Waals surface area contributed by atoms with Crippen molar-refractivity contribution in [3.8, 4) is 11.5 Å². The number of hydrogen-bond donors (Lipinski definition) is 2. The number of alkyl halides is 3. The van der Waals surface area contributed by atoms with E-state index in [1.54, 1.807) is 7.11 Å². The Hall–Kier alpha value is -2.12. The third kappa shape index (κ3) is 4.94. The van der Waals surface area contributed by atoms with Gasteiger partial charge in [-0.1, -0.05) is 0 Å². The highest BCUT2D eigenvalue weighted by atomic mass is 19.4. The van der Waals surface area contributed by atoms with E-state index in [0.717, 1.165) is 23.3 Å². The average molecular weight is 345 g/mol. The Labute approximate surface area is 139 Å². The first kappa shape index (κ1) is 18.2. The predicted octanol–water partition coefficient (Wildman–Crippen LogP) is 2.64. The molecule has 0 saturated heterocycles. The number of aliphatic imine (C=N–C) groups is 1. The van der Waals surface area contributed by atoms with Gasteiger partial charge >= 0.3 is 6.18 Å². The van der Waals surface area contributed by atoms with E-state index < -0.39 is 12.6 Å². The molecule has 134 valence electrons. The average Bonchev–Trinajstić information content (AvgIpc) is 2.87. The van der Waals surface area contributed by atoms with Crippen LogP contribution in [0, 0.1) is 0 Å². The summed E-state index contributed by atoms with van der Waals surface area (Å²) in [6, 6.07) is 3.84. The minimum atomic E-state index is -4.19. The minimum absolute atomic E-state index is 0.129. The number of guanidine groups is 1. The van der Waals surface area contributed by atoms with Crippen molar-refractivity contribution in [3.05, 3.63) is 23.3 Å². The monoisotopic (exact) mass is 345 g/mol. The second kappa shape index (κ2) is 7.63. The Balaban J connectivity index is 1.96. The fourth-order valence-electron chi connectivity index (χ4n) is 2.53. The summed E-state index contributed by atoms with van der Waals surface area (Å²) in [5.74, 6) is 1.83. The van der Waals surface area contributed by atoms with Crippen LogP contribution in [-0.4, -0.2) is 38.9 Å². The van der Waals surface area contributed by atoms with Gasteiger partial charge in [0.15, 0.2) is 5.96 Å². The second-order valence-corrected chi connectivity index (χ2v) is 5.62. The van der Waals surface area contributed by atoms with Gasteiger partial charge in [-0.15, -0.1) is 0 Å². The van der Waals surface area contributed by atoms with Crippen LogP contribution < -0.4 is 20.1 Å². The second-order valence-electron chi connectivity index (χ2n) is 5.62. The number of nitrogens with zero attached hydrogens (tertiary/aromatic N) is 1. The van der Waals surface area contributed by atoms with Gasteiger partial charge < -0.3 is 20.1 Å². The molecule has 0 spiro atoms. The number of fused-ring (bicyclic) bond motifs is 1. The molecule has 1 heterocycles. The van der Waals surface area contributed by atoms with Crippen LogP contribution in [0.4, 0.5) is 13.2 Å². The van der Waals surface area contributed by atoms with Crippen molar-refractivity contribution in [3.63, 3.8) is 0 Å². The van der Waals surface area contributed by atoms with E-state index in [1.165, 1.54) is 7.05 Å². The number of halogens is 3. The lowest BCUT2D eigenvalue weighted by Gasteiger charge is -2.15. The molecule has 1 aromatic rings. The molecule has 24 heavy (non-hydrogen) atoms. The summed E-state index contributed by atoms with van der Waals surface area (Å²) in [4.78, 5) is 3.92. The molecule has 5 nitrogen and oxygen atoms in total. The van der Waals surface area contributed by atoms with Gasteiger partial charge in [-0.2, -0.15) is 13.2 Å². The van der Waals surface area contributed by atoms with Crippen LogP contribution in [0.1, 0.15) is 24.5 Å². The summed E-state index contributed by atoms with van der Waals surface area (Å²) in [7, 11) is 3.09. The number of nitrogens with one attached hydrogen (secondary N) is 2. The van der Waals surface area contributed by atoms with E-state index in [2.05, 4.69) is 15.6 Å². The Morgan fingerprint density at radius 3 is 2.75 bits per heavy atom. The van der Waals surface area contributed by atoms with Crippen molar-refractivity contribution in [2.24, 2.45) is 4.99 Å². The first-order valence-corrected chi connectivity index (χ1v) is 7.70. The normalized spacial score (nSPS) is 17.2. The fraction of sp³-hybridized carbons (Fsp3) is 0.562. The quantitative estimate of drug-likeness (QED) is 0.636. The van der Waals surface area contributed by atoms with E-state index in [0.29, 0.717) is 18.3 Å². The summed E-state index contributed by atoms with van der Waals surface area (Å²) < 4.78 is 47.7. The van der Waals surface area contributed by atoms with Crippen molar-refractivity contribution in [2.75, 3.05) is 20.7 Å². The maximum atomic E-state index is 12.2. The summed E-state index contributed by atoms with van der Waals surface area (Å²) in [6.07, 6.45) is -4.14. The van der Waals surface area contributed by atoms with Crippen molar-refractivity contribution in [1.82, 2.24) is 10.6 Å².